The molecule has 3 heterocycles. The summed E-state index contributed by atoms with van der Waals surface area (Å²) < 4.78 is 2.09. The van der Waals surface area contributed by atoms with Crippen LogP contribution >= 0.6 is 0 Å². The van der Waals surface area contributed by atoms with Gasteiger partial charge >= 0.3 is 0 Å². The number of nitrogens with two attached hydrogens (primary N) is 1. The minimum Gasteiger partial charge on any atom is -0.333 e. The normalized spacial score (nSPS) is 11.6. The Labute approximate surface area is 88.1 Å². The summed E-state index contributed by atoms with van der Waals surface area (Å²) >= 11 is 0. The zero-order chi connectivity index (χ0) is 11.4. The lowest BCUT2D eigenvalue weighted by Crippen LogP contribution is -2.39. The molecule has 3 aromatic rings. The van der Waals surface area contributed by atoms with Crippen molar-refractivity contribution in [2.45, 2.75) is 6.92 Å². The lowest BCUT2D eigenvalue weighted by molar-refractivity contribution is 0.864. The van der Waals surface area contributed by atoms with Crippen LogP contribution in [0.15, 0.2) is 22.0 Å². The summed E-state index contributed by atoms with van der Waals surface area (Å²) in [5.74, 6) is 5.39. The summed E-state index contributed by atoms with van der Waals surface area (Å²) in [7, 11) is 0. The van der Waals surface area contributed by atoms with Crippen LogP contribution in [0.5, 0.6) is 0 Å². The fourth-order valence-electron chi connectivity index (χ4n) is 1.86. The number of aryl methyl sites for hydroxylation is 1. The molecule has 0 saturated carbocycles. The molecule has 80 valence electrons. The molecule has 0 unspecified atom stereocenters. The monoisotopic (exact) mass is 217 g/mol. The van der Waals surface area contributed by atoms with Gasteiger partial charge in [0, 0.05) is 5.69 Å². The van der Waals surface area contributed by atoms with E-state index in [9.17, 15) is 9.59 Å². The minimum atomic E-state index is -0.608. The van der Waals surface area contributed by atoms with Crippen LogP contribution in [0.1, 0.15) is 5.69 Å². The molecule has 0 atom stereocenters. The molecule has 0 aromatic carbocycles. The molecule has 2 N–H and O–H groups in total. The van der Waals surface area contributed by atoms with Gasteiger partial charge in [-0.15, -0.1) is 0 Å². The lowest BCUT2D eigenvalue weighted by atomic mass is 10.3. The second kappa shape index (κ2) is 2.57. The van der Waals surface area contributed by atoms with Crippen molar-refractivity contribution < 1.29 is 0 Å². The predicted molar refractivity (Wildman–Crippen MR) is 57.1 cm³/mol. The first kappa shape index (κ1) is 8.84. The largest absolute Gasteiger partial charge is 0.333 e. The molecule has 7 nitrogen and oxygen atoms in total. The molecule has 0 fully saturated rings. The number of hydrogen-bond acceptors (Lipinski definition) is 5. The van der Waals surface area contributed by atoms with Crippen molar-refractivity contribution in [3.63, 3.8) is 0 Å². The van der Waals surface area contributed by atoms with Crippen LogP contribution in [0.3, 0.4) is 0 Å². The van der Waals surface area contributed by atoms with E-state index in [2.05, 4.69) is 10.1 Å². The maximum Gasteiger partial charge on any atom is 0.300 e. The first-order valence-electron chi connectivity index (χ1n) is 4.58. The summed E-state index contributed by atoms with van der Waals surface area (Å²) in [5.41, 5.74) is 0.197. The van der Waals surface area contributed by atoms with Gasteiger partial charge in [-0.2, -0.15) is 9.77 Å². The maximum atomic E-state index is 11.7. The SMILES string of the molecule is Cc1cc2c(=O)n(N)c(=O)c3ncnn1c23. The summed E-state index contributed by atoms with van der Waals surface area (Å²) in [6.07, 6.45) is 1.26. The van der Waals surface area contributed by atoms with Crippen molar-refractivity contribution in [3.05, 3.63) is 38.8 Å². The van der Waals surface area contributed by atoms with Crippen LogP contribution in [0, 0.1) is 6.92 Å². The highest BCUT2D eigenvalue weighted by Crippen LogP contribution is 2.15. The summed E-state index contributed by atoms with van der Waals surface area (Å²) in [5, 5.41) is 4.34. The number of nitrogens with zero attached hydrogens (tertiary/aromatic N) is 4. The third-order valence-electron chi connectivity index (χ3n) is 2.60. The summed E-state index contributed by atoms with van der Waals surface area (Å²) in [6, 6.07) is 1.64. The zero-order valence-corrected chi connectivity index (χ0v) is 8.34. The molecule has 0 aliphatic rings. The smallest absolute Gasteiger partial charge is 0.300 e. The number of pyridine rings is 1. The van der Waals surface area contributed by atoms with Crippen molar-refractivity contribution >= 4 is 16.4 Å². The van der Waals surface area contributed by atoms with Crippen LogP contribution in [0.4, 0.5) is 0 Å². The number of rotatable bonds is 0. The molecular formula is C9H7N5O2. The van der Waals surface area contributed by atoms with Gasteiger partial charge in [-0.25, -0.2) is 9.50 Å². The topological polar surface area (TPSA) is 95.3 Å². The Bertz CT molecular complexity index is 816. The Hall–Kier alpha value is -2.44. The van der Waals surface area contributed by atoms with E-state index in [1.165, 1.54) is 10.8 Å². The molecule has 0 spiro atoms. The van der Waals surface area contributed by atoms with E-state index in [0.29, 0.717) is 15.6 Å². The molecule has 16 heavy (non-hydrogen) atoms. The van der Waals surface area contributed by atoms with Crippen molar-refractivity contribution in [2.24, 2.45) is 0 Å². The average Bonchev–Trinajstić information content (AvgIpc) is 2.63. The third-order valence-corrected chi connectivity index (χ3v) is 2.60. The Morgan fingerprint density at radius 2 is 2.06 bits per heavy atom. The Kier molecular flexibility index (Phi) is 1.42. The van der Waals surface area contributed by atoms with Crippen molar-refractivity contribution in [1.29, 1.82) is 0 Å². The Morgan fingerprint density at radius 1 is 1.31 bits per heavy atom. The number of nitrogen functional groups attached to an aromatic ring is 1. The van der Waals surface area contributed by atoms with Gasteiger partial charge in [-0.1, -0.05) is 0 Å². The van der Waals surface area contributed by atoms with Crippen molar-refractivity contribution in [3.8, 4) is 0 Å². The fraction of sp³-hybridized carbons (Fsp3) is 0.111. The van der Waals surface area contributed by atoms with Gasteiger partial charge in [-0.3, -0.25) is 9.59 Å². The maximum absolute atomic E-state index is 11.7. The van der Waals surface area contributed by atoms with Crippen molar-refractivity contribution in [1.82, 2.24) is 19.3 Å². The minimum absolute atomic E-state index is 0.153. The van der Waals surface area contributed by atoms with Gasteiger partial charge in [0.15, 0.2) is 5.52 Å². The van der Waals surface area contributed by atoms with Crippen LogP contribution in [0.25, 0.3) is 16.4 Å². The van der Waals surface area contributed by atoms with E-state index < -0.39 is 11.1 Å². The molecule has 7 heteroatoms. The second-order valence-corrected chi connectivity index (χ2v) is 3.55. The van der Waals surface area contributed by atoms with Gasteiger partial charge < -0.3 is 5.84 Å². The van der Waals surface area contributed by atoms with E-state index in [4.69, 9.17) is 5.84 Å². The van der Waals surface area contributed by atoms with E-state index in [1.54, 1.807) is 13.0 Å². The highest BCUT2D eigenvalue weighted by Gasteiger charge is 2.16. The summed E-state index contributed by atoms with van der Waals surface area (Å²) in [6.45, 7) is 1.79. The predicted octanol–water partition coefficient (Wildman–Crippen LogP) is -1.14. The Balaban J connectivity index is 2.86. The first-order chi connectivity index (χ1) is 7.61. The Morgan fingerprint density at radius 3 is 2.81 bits per heavy atom. The summed E-state index contributed by atoms with van der Waals surface area (Å²) in [4.78, 5) is 27.3. The van der Waals surface area contributed by atoms with Crippen molar-refractivity contribution in [2.75, 3.05) is 5.84 Å². The molecular weight excluding hydrogens is 210 g/mol. The molecule has 0 aliphatic heterocycles. The number of aromatic nitrogens is 4. The standard InChI is InChI=1S/C9H7N5O2/c1-4-2-5-7-6(11-3-12-14(4)7)9(16)13(10)8(5)15/h2-3H,10H2,1H3. The van der Waals surface area contributed by atoms with Gasteiger partial charge in [0.1, 0.15) is 11.8 Å². The lowest BCUT2D eigenvalue weighted by Gasteiger charge is -2.00. The second-order valence-electron chi connectivity index (χ2n) is 3.55. The van der Waals surface area contributed by atoms with Crippen LogP contribution < -0.4 is 17.0 Å². The molecule has 0 amide bonds. The molecule has 0 radical (unpaired) electrons. The van der Waals surface area contributed by atoms with Gasteiger partial charge in [0.2, 0.25) is 0 Å². The van der Waals surface area contributed by atoms with E-state index in [1.807, 2.05) is 0 Å². The highest BCUT2D eigenvalue weighted by atomic mass is 16.2. The van der Waals surface area contributed by atoms with Gasteiger partial charge in [-0.05, 0) is 13.0 Å². The third kappa shape index (κ3) is 0.824. The van der Waals surface area contributed by atoms with Crippen LogP contribution in [0.2, 0.25) is 0 Å². The fourth-order valence-corrected chi connectivity index (χ4v) is 1.86. The molecule has 0 bridgehead atoms. The van der Waals surface area contributed by atoms with Gasteiger partial charge in [0.25, 0.3) is 11.1 Å². The van der Waals surface area contributed by atoms with Crippen LogP contribution in [-0.4, -0.2) is 19.3 Å². The molecule has 3 aromatic heterocycles. The molecule has 0 saturated heterocycles. The quantitative estimate of drug-likeness (QED) is 0.480. The zero-order valence-electron chi connectivity index (χ0n) is 8.34. The highest BCUT2D eigenvalue weighted by molar-refractivity contribution is 5.92. The molecule has 3 rings (SSSR count). The first-order valence-corrected chi connectivity index (χ1v) is 4.58. The van der Waals surface area contributed by atoms with Gasteiger partial charge in [0.05, 0.1) is 5.39 Å². The number of hydrogen-bond donors (Lipinski definition) is 1. The molecule has 0 aliphatic carbocycles. The van der Waals surface area contributed by atoms with E-state index in [-0.39, 0.29) is 5.52 Å². The van der Waals surface area contributed by atoms with E-state index in [0.717, 1.165) is 5.69 Å². The van der Waals surface area contributed by atoms with E-state index >= 15 is 0 Å². The van der Waals surface area contributed by atoms with Crippen LogP contribution in [-0.2, 0) is 0 Å². The average molecular weight is 217 g/mol.